The van der Waals surface area contributed by atoms with E-state index < -0.39 is 5.41 Å². The zero-order valence-electron chi connectivity index (χ0n) is 26.3. The topological polar surface area (TPSA) is 105 Å². The molecule has 5 saturated carbocycles. The molecule has 7 nitrogen and oxygen atoms in total. The summed E-state index contributed by atoms with van der Waals surface area (Å²) in [4.78, 5) is 23.8. The molecule has 0 radical (unpaired) electrons. The number of aliphatic hydroxyl groups is 1. The number of rotatable bonds is 6. The lowest BCUT2D eigenvalue weighted by molar-refractivity contribution is -0.234. The Labute approximate surface area is 246 Å². The Balaban J connectivity index is 1.52. The van der Waals surface area contributed by atoms with Crippen LogP contribution in [0.1, 0.15) is 106 Å². The Morgan fingerprint density at radius 2 is 1.56 bits per heavy atom. The van der Waals surface area contributed by atoms with E-state index in [0.29, 0.717) is 24.4 Å². The van der Waals surface area contributed by atoms with Crippen molar-refractivity contribution in [3.05, 3.63) is 12.2 Å². The molecule has 0 aromatic rings. The zero-order valence-corrected chi connectivity index (χ0v) is 26.3. The van der Waals surface area contributed by atoms with Crippen LogP contribution >= 0.6 is 0 Å². The molecule has 0 aromatic carbocycles. The number of carbonyl (C=O) groups is 2. The SMILES string of the molecule is C=C(CO)[C@@H]1CC[C@]2(COC(C)=O)CC[C@]3(C)[C@H](CC[C@@H]4[C@@]5(C)CC/C(=N\O)[C@@](C)(COC(C)=O)[C@@H]5CC[C@]43C)[C@@H]12. The van der Waals surface area contributed by atoms with Crippen LogP contribution in [0.2, 0.25) is 0 Å². The van der Waals surface area contributed by atoms with Gasteiger partial charge in [-0.3, -0.25) is 9.59 Å². The molecule has 0 aromatic heterocycles. The third-order valence-corrected chi connectivity index (χ3v) is 14.2. The predicted molar refractivity (Wildman–Crippen MR) is 157 cm³/mol. The minimum Gasteiger partial charge on any atom is -0.465 e. The fourth-order valence-electron chi connectivity index (χ4n) is 12.0. The molecular weight excluding hydrogens is 518 g/mol. The first-order valence-electron chi connectivity index (χ1n) is 16.0. The van der Waals surface area contributed by atoms with Gasteiger partial charge < -0.3 is 19.8 Å². The van der Waals surface area contributed by atoms with Gasteiger partial charge in [-0.2, -0.15) is 0 Å². The van der Waals surface area contributed by atoms with Crippen LogP contribution in [-0.2, 0) is 19.1 Å². The number of aliphatic hydroxyl groups excluding tert-OH is 1. The maximum Gasteiger partial charge on any atom is 0.302 e. The van der Waals surface area contributed by atoms with Gasteiger partial charge in [0.25, 0.3) is 0 Å². The van der Waals surface area contributed by atoms with Crippen molar-refractivity contribution in [1.29, 1.82) is 0 Å². The fourth-order valence-corrected chi connectivity index (χ4v) is 12.0. The van der Waals surface area contributed by atoms with Gasteiger partial charge in [-0.25, -0.2) is 0 Å². The molecule has 5 rings (SSSR count). The predicted octanol–water partition coefficient (Wildman–Crippen LogP) is 6.55. The van der Waals surface area contributed by atoms with Crippen molar-refractivity contribution in [2.24, 2.45) is 61.8 Å². The Kier molecular flexibility index (Phi) is 7.74. The van der Waals surface area contributed by atoms with Crippen molar-refractivity contribution in [3.63, 3.8) is 0 Å². The fraction of sp³-hybridized carbons (Fsp3) is 0.853. The van der Waals surface area contributed by atoms with Gasteiger partial charge in [-0.05, 0) is 116 Å². The Bertz CT molecular complexity index is 1120. The molecule has 2 N–H and O–H groups in total. The number of esters is 2. The summed E-state index contributed by atoms with van der Waals surface area (Å²) in [6.07, 6.45) is 10.3. The number of ether oxygens (including phenoxy) is 2. The Hall–Kier alpha value is -1.89. The summed E-state index contributed by atoms with van der Waals surface area (Å²) >= 11 is 0. The minimum atomic E-state index is -0.479. The van der Waals surface area contributed by atoms with E-state index in [0.717, 1.165) is 75.5 Å². The lowest BCUT2D eigenvalue weighted by Crippen LogP contribution is -2.67. The molecule has 5 aliphatic rings. The van der Waals surface area contributed by atoms with Gasteiger partial charge in [0.05, 0.1) is 18.9 Å². The molecule has 0 saturated heterocycles. The van der Waals surface area contributed by atoms with E-state index in [9.17, 15) is 19.9 Å². The van der Waals surface area contributed by atoms with Crippen molar-refractivity contribution >= 4 is 17.7 Å². The summed E-state index contributed by atoms with van der Waals surface area (Å²) in [6.45, 7) is 17.8. The van der Waals surface area contributed by atoms with Crippen LogP contribution in [0.4, 0.5) is 0 Å². The monoisotopic (exact) mass is 571 g/mol. The lowest BCUT2D eigenvalue weighted by atomic mass is 9.32. The lowest BCUT2D eigenvalue weighted by Gasteiger charge is -2.72. The average Bonchev–Trinajstić information content (AvgIpc) is 3.31. The summed E-state index contributed by atoms with van der Waals surface area (Å²) in [6, 6.07) is 0. The molecule has 0 heterocycles. The van der Waals surface area contributed by atoms with Crippen LogP contribution < -0.4 is 0 Å². The molecule has 10 atom stereocenters. The van der Waals surface area contributed by atoms with Gasteiger partial charge in [0.1, 0.15) is 6.61 Å². The van der Waals surface area contributed by atoms with Crippen molar-refractivity contribution < 1.29 is 29.4 Å². The smallest absolute Gasteiger partial charge is 0.302 e. The Morgan fingerprint density at radius 3 is 2.20 bits per heavy atom. The molecular formula is C34H53NO6. The first kappa shape index (κ1) is 30.6. The van der Waals surface area contributed by atoms with Gasteiger partial charge in [-0.1, -0.05) is 39.4 Å². The van der Waals surface area contributed by atoms with Crippen LogP contribution in [0.25, 0.3) is 0 Å². The van der Waals surface area contributed by atoms with E-state index in [2.05, 4.69) is 39.4 Å². The second-order valence-electron chi connectivity index (χ2n) is 15.5. The highest BCUT2D eigenvalue weighted by Crippen LogP contribution is 2.77. The molecule has 0 spiro atoms. The largest absolute Gasteiger partial charge is 0.465 e. The summed E-state index contributed by atoms with van der Waals surface area (Å²) < 4.78 is 11.4. The van der Waals surface area contributed by atoms with E-state index in [1.54, 1.807) is 0 Å². The van der Waals surface area contributed by atoms with Crippen LogP contribution in [0, 0.1) is 56.7 Å². The van der Waals surface area contributed by atoms with E-state index in [4.69, 9.17) is 9.47 Å². The van der Waals surface area contributed by atoms with E-state index in [-0.39, 0.29) is 58.6 Å². The first-order chi connectivity index (χ1) is 19.2. The molecule has 7 heteroatoms. The maximum atomic E-state index is 11.9. The zero-order chi connectivity index (χ0) is 30.0. The molecule has 0 bridgehead atoms. The summed E-state index contributed by atoms with van der Waals surface area (Å²) in [5, 5.41) is 24.0. The van der Waals surface area contributed by atoms with Crippen molar-refractivity contribution in [3.8, 4) is 0 Å². The van der Waals surface area contributed by atoms with E-state index in [1.165, 1.54) is 13.8 Å². The van der Waals surface area contributed by atoms with Gasteiger partial charge in [-0.15, -0.1) is 0 Å². The number of hydrogen-bond acceptors (Lipinski definition) is 7. The molecule has 0 aliphatic heterocycles. The molecule has 5 fully saturated rings. The second kappa shape index (κ2) is 10.4. The van der Waals surface area contributed by atoms with Crippen LogP contribution in [-0.4, -0.2) is 47.8 Å². The van der Waals surface area contributed by atoms with Crippen molar-refractivity contribution in [2.75, 3.05) is 19.8 Å². The molecule has 0 unspecified atom stereocenters. The molecule has 5 aliphatic carbocycles. The van der Waals surface area contributed by atoms with Crippen LogP contribution in [0.5, 0.6) is 0 Å². The van der Waals surface area contributed by atoms with Gasteiger partial charge in [0, 0.05) is 24.7 Å². The van der Waals surface area contributed by atoms with Crippen LogP contribution in [0.15, 0.2) is 17.3 Å². The van der Waals surface area contributed by atoms with Crippen LogP contribution in [0.3, 0.4) is 0 Å². The third-order valence-electron chi connectivity index (χ3n) is 14.2. The number of hydrogen-bond donors (Lipinski definition) is 2. The van der Waals surface area contributed by atoms with Gasteiger partial charge in [0.2, 0.25) is 0 Å². The second-order valence-corrected chi connectivity index (χ2v) is 15.5. The summed E-state index contributed by atoms with van der Waals surface area (Å²) in [5.41, 5.74) is 1.48. The number of nitrogens with zero attached hydrogens (tertiary/aromatic N) is 1. The number of fused-ring (bicyclic) bond motifs is 7. The average molecular weight is 572 g/mol. The van der Waals surface area contributed by atoms with Crippen molar-refractivity contribution in [2.45, 2.75) is 106 Å². The maximum absolute atomic E-state index is 11.9. The minimum absolute atomic E-state index is 0.0174. The van der Waals surface area contributed by atoms with E-state index in [1.807, 2.05) is 0 Å². The normalized spacial score (nSPS) is 47.9. The Morgan fingerprint density at radius 1 is 0.878 bits per heavy atom. The highest BCUT2D eigenvalue weighted by atomic mass is 16.5. The number of carbonyl (C=O) groups excluding carboxylic acids is 2. The van der Waals surface area contributed by atoms with Crippen molar-refractivity contribution in [1.82, 2.24) is 0 Å². The highest BCUT2D eigenvalue weighted by molar-refractivity contribution is 5.91. The molecule has 230 valence electrons. The molecule has 41 heavy (non-hydrogen) atoms. The first-order valence-corrected chi connectivity index (χ1v) is 16.0. The third kappa shape index (κ3) is 4.33. The van der Waals surface area contributed by atoms with Gasteiger partial charge in [0.15, 0.2) is 0 Å². The number of oxime groups is 1. The van der Waals surface area contributed by atoms with Gasteiger partial charge >= 0.3 is 11.9 Å². The standard InChI is InChI=1S/C34H53NO6/c1-21(18-36)24-10-15-34(20-41-23(3)38)17-16-32(6)25(29(24)34)8-9-27-30(4)13-12-28(35-39)31(5,19-40-22(2)37)26(30)11-14-33(27,32)7/h24-27,29,36,39H,1,8-20H2,2-7H3/b35-28+/t24-,25+,26+,27+,29+,30-,31-,32+,33+,34+/m0/s1. The quantitative estimate of drug-likeness (QED) is 0.162. The molecule has 0 amide bonds. The van der Waals surface area contributed by atoms with E-state index >= 15 is 0 Å². The summed E-state index contributed by atoms with van der Waals surface area (Å²) in [7, 11) is 0. The highest BCUT2D eigenvalue weighted by Gasteiger charge is 2.71. The summed E-state index contributed by atoms with van der Waals surface area (Å²) in [5.74, 6) is 1.38.